The fraction of sp³-hybridized carbons (Fsp3) is 0.250. The molecule has 0 saturated carbocycles. The van der Waals surface area contributed by atoms with Crippen LogP contribution in [0.3, 0.4) is 0 Å². The number of hydrogen-bond donors (Lipinski definition) is 1. The molecule has 1 fully saturated rings. The average molecular weight is 484 g/mol. The van der Waals surface area contributed by atoms with E-state index in [4.69, 9.17) is 17.0 Å². The molecule has 4 heterocycles. The molecule has 4 aromatic rings. The molecule has 0 bridgehead atoms. The Hall–Kier alpha value is -3.71. The number of rotatable bonds is 7. The highest BCUT2D eigenvalue weighted by Crippen LogP contribution is 2.43. The van der Waals surface area contributed by atoms with Crippen molar-refractivity contribution >= 4 is 23.0 Å². The monoisotopic (exact) mass is 483 g/mol. The van der Waals surface area contributed by atoms with Crippen LogP contribution in [0, 0.1) is 13.8 Å². The molecule has 0 aliphatic carbocycles. The van der Waals surface area contributed by atoms with Gasteiger partial charge in [-0.2, -0.15) is 0 Å². The zero-order valence-corrected chi connectivity index (χ0v) is 21.0. The predicted octanol–water partition coefficient (Wildman–Crippen LogP) is 5.52. The van der Waals surface area contributed by atoms with Gasteiger partial charge in [0.05, 0.1) is 24.4 Å². The van der Waals surface area contributed by atoms with Gasteiger partial charge in [-0.3, -0.25) is 9.97 Å². The Kier molecular flexibility index (Phi) is 6.51. The molecule has 2 atom stereocenters. The maximum absolute atomic E-state index is 5.89. The van der Waals surface area contributed by atoms with Crippen LogP contribution in [0.15, 0.2) is 79.3 Å². The average Bonchev–Trinajstić information content (AvgIpc) is 3.37. The lowest BCUT2D eigenvalue weighted by Gasteiger charge is -2.28. The van der Waals surface area contributed by atoms with Crippen molar-refractivity contribution in [3.8, 4) is 5.75 Å². The number of anilines is 1. The lowest BCUT2D eigenvalue weighted by Crippen LogP contribution is -2.29. The summed E-state index contributed by atoms with van der Waals surface area (Å²) < 4.78 is 8.01. The van der Waals surface area contributed by atoms with E-state index in [0.717, 1.165) is 23.7 Å². The fourth-order valence-corrected chi connectivity index (χ4v) is 5.21. The number of nitrogens with one attached hydrogen (secondary N) is 1. The van der Waals surface area contributed by atoms with E-state index in [-0.39, 0.29) is 12.1 Å². The van der Waals surface area contributed by atoms with E-state index in [1.54, 1.807) is 0 Å². The van der Waals surface area contributed by atoms with Crippen LogP contribution in [0.2, 0.25) is 0 Å². The summed E-state index contributed by atoms with van der Waals surface area (Å²) in [5.41, 5.74) is 6.79. The molecule has 1 saturated heterocycles. The van der Waals surface area contributed by atoms with Crippen LogP contribution >= 0.6 is 12.2 Å². The van der Waals surface area contributed by atoms with Crippen LogP contribution in [0.1, 0.15) is 47.2 Å². The Morgan fingerprint density at radius 3 is 2.54 bits per heavy atom. The summed E-state index contributed by atoms with van der Waals surface area (Å²) in [5.74, 6) is 0.849. The summed E-state index contributed by atoms with van der Waals surface area (Å²) >= 11 is 5.89. The van der Waals surface area contributed by atoms with Crippen molar-refractivity contribution in [1.29, 1.82) is 0 Å². The molecule has 3 aromatic heterocycles. The Morgan fingerprint density at radius 2 is 1.86 bits per heavy atom. The molecule has 6 nitrogen and oxygen atoms in total. The molecule has 178 valence electrons. The van der Waals surface area contributed by atoms with Crippen LogP contribution in [-0.2, 0) is 6.54 Å². The molecule has 5 rings (SSSR count). The van der Waals surface area contributed by atoms with Gasteiger partial charge >= 0.3 is 0 Å². The van der Waals surface area contributed by atoms with Gasteiger partial charge in [0, 0.05) is 42.2 Å². The highest BCUT2D eigenvalue weighted by atomic mass is 32.1. The molecular formula is C28H29N5OS. The lowest BCUT2D eigenvalue weighted by atomic mass is 9.96. The lowest BCUT2D eigenvalue weighted by molar-refractivity contribution is 0.340. The molecule has 0 radical (unpaired) electrons. The molecule has 1 N–H and O–H groups in total. The van der Waals surface area contributed by atoms with Gasteiger partial charge in [-0.1, -0.05) is 12.1 Å². The Balaban J connectivity index is 1.59. The molecule has 0 amide bonds. The number of nitrogens with zero attached hydrogens (tertiary/aromatic N) is 4. The molecular weight excluding hydrogens is 454 g/mol. The van der Waals surface area contributed by atoms with Crippen LogP contribution < -0.4 is 15.0 Å². The van der Waals surface area contributed by atoms with Crippen LogP contribution in [0.4, 0.5) is 5.69 Å². The number of ether oxygens (including phenoxy) is 1. The third kappa shape index (κ3) is 4.51. The van der Waals surface area contributed by atoms with Crippen molar-refractivity contribution in [2.24, 2.45) is 0 Å². The first-order valence-electron chi connectivity index (χ1n) is 11.9. The largest absolute Gasteiger partial charge is 0.494 e. The minimum absolute atomic E-state index is 0.0517. The van der Waals surface area contributed by atoms with E-state index in [1.807, 2.05) is 55.8 Å². The first-order valence-corrected chi connectivity index (χ1v) is 12.3. The van der Waals surface area contributed by atoms with Crippen molar-refractivity contribution in [3.05, 3.63) is 107 Å². The maximum Gasteiger partial charge on any atom is 0.174 e. The van der Waals surface area contributed by atoms with E-state index in [9.17, 15) is 0 Å². The summed E-state index contributed by atoms with van der Waals surface area (Å²) in [6, 6.07) is 20.4. The zero-order chi connectivity index (χ0) is 24.4. The smallest absolute Gasteiger partial charge is 0.174 e. The number of aryl methyl sites for hydroxylation is 1. The zero-order valence-electron chi connectivity index (χ0n) is 20.2. The van der Waals surface area contributed by atoms with Gasteiger partial charge in [0.25, 0.3) is 0 Å². The quantitative estimate of drug-likeness (QED) is 0.350. The topological polar surface area (TPSA) is 55.2 Å². The van der Waals surface area contributed by atoms with Gasteiger partial charge < -0.3 is 19.5 Å². The first kappa shape index (κ1) is 23.1. The van der Waals surface area contributed by atoms with Crippen LogP contribution in [-0.4, -0.2) is 26.3 Å². The summed E-state index contributed by atoms with van der Waals surface area (Å²) in [4.78, 5) is 11.2. The van der Waals surface area contributed by atoms with Gasteiger partial charge in [0.1, 0.15) is 5.75 Å². The van der Waals surface area contributed by atoms with Crippen LogP contribution in [0.5, 0.6) is 5.75 Å². The highest BCUT2D eigenvalue weighted by Gasteiger charge is 2.42. The number of pyridine rings is 2. The minimum Gasteiger partial charge on any atom is -0.494 e. The van der Waals surface area contributed by atoms with Crippen molar-refractivity contribution in [2.45, 2.75) is 39.4 Å². The number of benzene rings is 1. The maximum atomic E-state index is 5.89. The third-order valence-corrected chi connectivity index (χ3v) is 6.83. The molecule has 35 heavy (non-hydrogen) atoms. The second-order valence-corrected chi connectivity index (χ2v) is 9.08. The molecule has 7 heteroatoms. The van der Waals surface area contributed by atoms with E-state index in [1.165, 1.54) is 22.5 Å². The highest BCUT2D eigenvalue weighted by molar-refractivity contribution is 7.80. The van der Waals surface area contributed by atoms with Crippen molar-refractivity contribution in [2.75, 3.05) is 11.5 Å². The van der Waals surface area contributed by atoms with E-state index in [0.29, 0.717) is 11.7 Å². The van der Waals surface area contributed by atoms with Gasteiger partial charge in [-0.05, 0) is 92.6 Å². The van der Waals surface area contributed by atoms with E-state index < -0.39 is 0 Å². The Morgan fingerprint density at radius 1 is 1.03 bits per heavy atom. The van der Waals surface area contributed by atoms with Gasteiger partial charge in [-0.15, -0.1) is 0 Å². The number of aromatic nitrogens is 3. The Bertz CT molecular complexity index is 1300. The molecule has 0 spiro atoms. The van der Waals surface area contributed by atoms with E-state index in [2.05, 4.69) is 68.9 Å². The van der Waals surface area contributed by atoms with Gasteiger partial charge in [0.2, 0.25) is 0 Å². The molecule has 1 aliphatic rings. The summed E-state index contributed by atoms with van der Waals surface area (Å²) in [7, 11) is 0. The standard InChI is InChI=1S/C28H29N5OS/c1-4-34-23-12-10-22(11-13-23)33-27(26(31-28(33)35)25-9-5-6-15-30-25)24-16-19(2)32(20(24)3)18-21-8-7-14-29-17-21/h5-17,26-27H,4,18H2,1-3H3,(H,31,35)/t26-,27+/m0/s1. The minimum atomic E-state index is -0.0809. The molecule has 1 aliphatic heterocycles. The second-order valence-electron chi connectivity index (χ2n) is 8.70. The SMILES string of the molecule is CCOc1ccc(N2C(=S)N[C@@H](c3ccccn3)[C@H]2c2cc(C)n(Cc3cccnc3)c2C)cc1. The predicted molar refractivity (Wildman–Crippen MR) is 143 cm³/mol. The van der Waals surface area contributed by atoms with E-state index >= 15 is 0 Å². The molecule has 0 unspecified atom stereocenters. The number of hydrogen-bond acceptors (Lipinski definition) is 4. The summed E-state index contributed by atoms with van der Waals surface area (Å²) in [5, 5.41) is 4.24. The van der Waals surface area contributed by atoms with Gasteiger partial charge in [0.15, 0.2) is 5.11 Å². The van der Waals surface area contributed by atoms with Crippen LogP contribution in [0.25, 0.3) is 0 Å². The normalized spacial score (nSPS) is 17.5. The molecule has 1 aromatic carbocycles. The van der Waals surface area contributed by atoms with Crippen molar-refractivity contribution in [3.63, 3.8) is 0 Å². The van der Waals surface area contributed by atoms with Gasteiger partial charge in [-0.25, -0.2) is 0 Å². The van der Waals surface area contributed by atoms with Crippen molar-refractivity contribution < 1.29 is 4.74 Å². The third-order valence-electron chi connectivity index (χ3n) is 6.52. The summed E-state index contributed by atoms with van der Waals surface area (Å²) in [6.45, 7) is 7.74. The second kappa shape index (κ2) is 9.88. The Labute approximate surface area is 211 Å². The number of thiocarbonyl (C=S) groups is 1. The van der Waals surface area contributed by atoms with Crippen molar-refractivity contribution in [1.82, 2.24) is 19.9 Å². The first-order chi connectivity index (χ1) is 17.1. The fourth-order valence-electron chi connectivity index (χ4n) is 4.86. The summed E-state index contributed by atoms with van der Waals surface area (Å²) in [6.07, 6.45) is 5.57.